The zero-order chi connectivity index (χ0) is 18.9. The molecule has 134 valence electrons. The average molecular weight is 357 g/mol. The van der Waals surface area contributed by atoms with Crippen molar-refractivity contribution in [2.24, 2.45) is 0 Å². The van der Waals surface area contributed by atoms with Gasteiger partial charge in [0.05, 0.1) is 5.69 Å². The molecule has 1 N–H and O–H groups in total. The number of carbonyl (C=O) groups is 1. The van der Waals surface area contributed by atoms with Crippen LogP contribution in [0.4, 0.5) is 13.2 Å². The Morgan fingerprint density at radius 2 is 1.77 bits per heavy atom. The highest BCUT2D eigenvalue weighted by atomic mass is 19.4. The number of rotatable bonds is 4. The van der Waals surface area contributed by atoms with Crippen LogP contribution in [0, 0.1) is 0 Å². The zero-order valence-corrected chi connectivity index (χ0v) is 14.4. The maximum atomic E-state index is 13.1. The van der Waals surface area contributed by atoms with Crippen LogP contribution >= 0.6 is 0 Å². The molecule has 2 nitrogen and oxygen atoms in total. The zero-order valence-electron chi connectivity index (χ0n) is 14.4. The number of alkyl halides is 3. The second-order valence-electron chi connectivity index (χ2n) is 6.47. The minimum atomic E-state index is -4.54. The predicted octanol–water partition coefficient (Wildman–Crippen LogP) is 6.16. The van der Waals surface area contributed by atoms with E-state index < -0.39 is 17.7 Å². The molecule has 0 aromatic heterocycles. The van der Waals surface area contributed by atoms with E-state index in [1.165, 1.54) is 11.6 Å². The maximum Gasteiger partial charge on any atom is 0.431 e. The molecular weight excluding hydrogens is 339 g/mol. The Morgan fingerprint density at radius 1 is 1.08 bits per heavy atom. The number of benzene rings is 1. The topological polar surface area (TPSA) is 32.9 Å². The molecule has 0 atom stereocenters. The van der Waals surface area contributed by atoms with E-state index >= 15 is 0 Å². The lowest BCUT2D eigenvalue weighted by Crippen LogP contribution is -2.12. The Bertz CT molecular complexity index is 917. The van der Waals surface area contributed by atoms with E-state index in [1.54, 1.807) is 24.3 Å². The van der Waals surface area contributed by atoms with Crippen molar-refractivity contribution < 1.29 is 18.0 Å². The second-order valence-corrected chi connectivity index (χ2v) is 6.47. The van der Waals surface area contributed by atoms with Crippen LogP contribution in [-0.4, -0.2) is 10.8 Å². The van der Waals surface area contributed by atoms with E-state index in [0.29, 0.717) is 17.0 Å². The molecule has 26 heavy (non-hydrogen) atoms. The molecule has 0 unspecified atom stereocenters. The molecule has 1 aromatic carbocycles. The van der Waals surface area contributed by atoms with Crippen molar-refractivity contribution in [2.75, 3.05) is 0 Å². The Kier molecular flexibility index (Phi) is 4.72. The average Bonchev–Trinajstić information content (AvgIpc) is 3.07. The number of hydrogen-bond donors (Lipinski definition) is 1. The molecule has 0 saturated heterocycles. The van der Waals surface area contributed by atoms with Crippen LogP contribution in [0.25, 0.3) is 17.2 Å². The van der Waals surface area contributed by atoms with Gasteiger partial charge in [0.1, 0.15) is 5.69 Å². The summed E-state index contributed by atoms with van der Waals surface area (Å²) in [7, 11) is 0. The van der Waals surface area contributed by atoms with Crippen LogP contribution < -0.4 is 0 Å². The van der Waals surface area contributed by atoms with Crippen LogP contribution in [0.1, 0.15) is 47.1 Å². The van der Waals surface area contributed by atoms with E-state index in [0.717, 1.165) is 11.6 Å². The standard InChI is InChI=1S/C21H18F3NO/c1-13(2)15-9-6-14(7-10-15)8-11-18(26)20-17-5-3-4-16(17)12-19(25-20)21(22,23)24/h3-13,25H,1-2H3/b11-8+. The van der Waals surface area contributed by atoms with Crippen molar-refractivity contribution in [3.8, 4) is 11.1 Å². The van der Waals surface area contributed by atoms with E-state index in [2.05, 4.69) is 18.8 Å². The summed E-state index contributed by atoms with van der Waals surface area (Å²) in [5.74, 6) is -0.0970. The molecular formula is C21H18F3NO. The number of fused-ring (bicyclic) bond motifs is 1. The molecule has 1 aromatic rings. The molecule has 0 radical (unpaired) electrons. The first-order valence-electron chi connectivity index (χ1n) is 8.27. The molecule has 2 aliphatic rings. The number of H-pyrrole nitrogens is 1. The van der Waals surface area contributed by atoms with Crippen molar-refractivity contribution >= 4 is 11.9 Å². The summed E-state index contributed by atoms with van der Waals surface area (Å²) in [6.07, 6.45) is -1.64. The Morgan fingerprint density at radius 3 is 2.38 bits per heavy atom. The van der Waals surface area contributed by atoms with Gasteiger partial charge in [-0.2, -0.15) is 13.2 Å². The summed E-state index contributed by atoms with van der Waals surface area (Å²) < 4.78 is 39.2. The van der Waals surface area contributed by atoms with Gasteiger partial charge in [-0.1, -0.05) is 62.4 Å². The largest absolute Gasteiger partial charge is 0.431 e. The highest BCUT2D eigenvalue weighted by molar-refractivity contribution is 6.09. The number of pyridine rings is 1. The lowest BCUT2D eigenvalue weighted by Gasteiger charge is -2.13. The number of allylic oxidation sites excluding steroid dienone is 1. The molecule has 0 amide bonds. The van der Waals surface area contributed by atoms with Crippen molar-refractivity contribution in [1.82, 2.24) is 4.98 Å². The second kappa shape index (κ2) is 6.83. The number of aromatic amines is 1. The van der Waals surface area contributed by atoms with Gasteiger partial charge in [0.15, 0.2) is 0 Å². The number of halogens is 3. The predicted molar refractivity (Wildman–Crippen MR) is 96.3 cm³/mol. The third-order valence-electron chi connectivity index (χ3n) is 4.26. The number of hydrogen-bond acceptors (Lipinski definition) is 1. The van der Waals surface area contributed by atoms with E-state index in [9.17, 15) is 18.0 Å². The first kappa shape index (κ1) is 18.0. The van der Waals surface area contributed by atoms with E-state index in [4.69, 9.17) is 0 Å². The molecule has 1 heterocycles. The molecule has 0 saturated carbocycles. The third kappa shape index (κ3) is 3.72. The lowest BCUT2D eigenvalue weighted by atomic mass is 10.0. The number of carbonyl (C=O) groups excluding carboxylic acids is 1. The Hall–Kier alpha value is -2.82. The summed E-state index contributed by atoms with van der Waals surface area (Å²) in [4.78, 5) is 14.7. The van der Waals surface area contributed by atoms with Crippen LogP contribution in [0.3, 0.4) is 0 Å². The first-order chi connectivity index (χ1) is 12.3. The lowest BCUT2D eigenvalue weighted by molar-refractivity contribution is -0.141. The number of nitrogens with one attached hydrogen (secondary N) is 1. The normalized spacial score (nSPS) is 12.4. The highest BCUT2D eigenvalue weighted by Crippen LogP contribution is 2.34. The fraction of sp³-hybridized carbons (Fsp3) is 0.190. The number of ketones is 1. The van der Waals surface area contributed by atoms with Crippen LogP contribution in [0.2, 0.25) is 0 Å². The molecule has 1 aliphatic carbocycles. The van der Waals surface area contributed by atoms with Gasteiger partial charge in [-0.15, -0.1) is 0 Å². The summed E-state index contributed by atoms with van der Waals surface area (Å²) in [5.41, 5.74) is 1.85. The van der Waals surface area contributed by atoms with Gasteiger partial charge in [-0.25, -0.2) is 0 Å². The minimum Gasteiger partial charge on any atom is -0.348 e. The highest BCUT2D eigenvalue weighted by Gasteiger charge is 2.33. The summed E-state index contributed by atoms with van der Waals surface area (Å²) in [5, 5.41) is 0. The quantitative estimate of drug-likeness (QED) is 0.440. The summed E-state index contributed by atoms with van der Waals surface area (Å²) >= 11 is 0. The minimum absolute atomic E-state index is 0.0603. The fourth-order valence-corrected chi connectivity index (χ4v) is 2.78. The Balaban J connectivity index is 1.91. The van der Waals surface area contributed by atoms with Gasteiger partial charge >= 0.3 is 6.18 Å². The number of aromatic nitrogens is 1. The van der Waals surface area contributed by atoms with Crippen molar-refractivity contribution in [3.63, 3.8) is 0 Å². The molecule has 0 bridgehead atoms. The van der Waals surface area contributed by atoms with Gasteiger partial charge in [-0.3, -0.25) is 4.79 Å². The van der Waals surface area contributed by atoms with Crippen LogP contribution in [0.5, 0.6) is 0 Å². The van der Waals surface area contributed by atoms with Gasteiger partial charge in [-0.05, 0) is 34.8 Å². The molecule has 3 rings (SSSR count). The van der Waals surface area contributed by atoms with Crippen LogP contribution in [0.15, 0.2) is 54.6 Å². The van der Waals surface area contributed by atoms with Gasteiger partial charge < -0.3 is 4.98 Å². The van der Waals surface area contributed by atoms with E-state index in [-0.39, 0.29) is 5.69 Å². The third-order valence-corrected chi connectivity index (χ3v) is 4.26. The molecule has 0 fully saturated rings. The van der Waals surface area contributed by atoms with Crippen LogP contribution in [-0.2, 0) is 6.18 Å². The first-order valence-corrected chi connectivity index (χ1v) is 8.27. The van der Waals surface area contributed by atoms with Gasteiger partial charge in [0.25, 0.3) is 0 Å². The van der Waals surface area contributed by atoms with Gasteiger partial charge in [0.2, 0.25) is 5.78 Å². The smallest absolute Gasteiger partial charge is 0.348 e. The van der Waals surface area contributed by atoms with Crippen molar-refractivity contribution in [2.45, 2.75) is 25.9 Å². The SMILES string of the molecule is CC(C)c1ccc(/C=C/C(=O)c2[nH]c(C(F)(F)F)cc3cccc2-3)cc1. The maximum absolute atomic E-state index is 13.1. The molecule has 0 spiro atoms. The molecule has 5 heteroatoms. The summed E-state index contributed by atoms with van der Waals surface area (Å²) in [6.45, 7) is 4.17. The van der Waals surface area contributed by atoms with Crippen molar-refractivity contribution in [3.05, 3.63) is 77.1 Å². The monoisotopic (exact) mass is 357 g/mol. The van der Waals surface area contributed by atoms with Crippen molar-refractivity contribution in [1.29, 1.82) is 0 Å². The molecule has 1 aliphatic heterocycles. The Labute approximate surface area is 149 Å². The fourth-order valence-electron chi connectivity index (χ4n) is 2.78. The van der Waals surface area contributed by atoms with E-state index in [1.807, 2.05) is 24.3 Å². The van der Waals surface area contributed by atoms with Gasteiger partial charge in [0, 0.05) is 5.56 Å². The summed E-state index contributed by atoms with van der Waals surface area (Å²) in [6, 6.07) is 13.5.